The molecule has 1 N–H and O–H groups in total. The van der Waals surface area contributed by atoms with E-state index in [1.54, 1.807) is 20.3 Å². The monoisotopic (exact) mass is 382 g/mol. The highest BCUT2D eigenvalue weighted by Crippen LogP contribution is 2.27. The van der Waals surface area contributed by atoms with Gasteiger partial charge in [-0.2, -0.15) is 0 Å². The van der Waals surface area contributed by atoms with Crippen molar-refractivity contribution in [3.05, 3.63) is 59.7 Å². The lowest BCUT2D eigenvalue weighted by Gasteiger charge is -2.28. The second-order valence-corrected chi connectivity index (χ2v) is 6.43. The Morgan fingerprint density at radius 1 is 1.07 bits per heavy atom. The van der Waals surface area contributed by atoms with Gasteiger partial charge in [-0.15, -0.1) is 0 Å². The first-order chi connectivity index (χ1) is 13.7. The SMILES string of the molecule is COc1ccc(/C=C/C(=O)NCc2ccc(N3CCOCC3)cc2)cc1OC. The molecule has 2 aromatic carbocycles. The Labute approximate surface area is 165 Å². The van der Waals surface area contributed by atoms with Crippen molar-refractivity contribution >= 4 is 17.7 Å². The third kappa shape index (κ3) is 5.27. The molecule has 3 rings (SSSR count). The lowest BCUT2D eigenvalue weighted by atomic mass is 10.1. The number of benzene rings is 2. The molecule has 148 valence electrons. The zero-order valence-corrected chi connectivity index (χ0v) is 16.3. The number of hydrogen-bond donors (Lipinski definition) is 1. The first-order valence-corrected chi connectivity index (χ1v) is 9.29. The number of amides is 1. The van der Waals surface area contributed by atoms with Gasteiger partial charge in [0.05, 0.1) is 27.4 Å². The normalized spacial score (nSPS) is 14.1. The highest BCUT2D eigenvalue weighted by atomic mass is 16.5. The van der Waals surface area contributed by atoms with Gasteiger partial charge >= 0.3 is 0 Å². The summed E-state index contributed by atoms with van der Waals surface area (Å²) < 4.78 is 15.9. The average Bonchev–Trinajstić information content (AvgIpc) is 2.77. The van der Waals surface area contributed by atoms with Crippen molar-refractivity contribution in [1.82, 2.24) is 5.32 Å². The van der Waals surface area contributed by atoms with Crippen molar-refractivity contribution in [2.24, 2.45) is 0 Å². The zero-order chi connectivity index (χ0) is 19.8. The van der Waals surface area contributed by atoms with Crippen molar-refractivity contribution in [3.8, 4) is 11.5 Å². The predicted octanol–water partition coefficient (Wildman–Crippen LogP) is 2.87. The Morgan fingerprint density at radius 2 is 1.79 bits per heavy atom. The molecule has 28 heavy (non-hydrogen) atoms. The molecule has 0 aromatic heterocycles. The van der Waals surface area contributed by atoms with Crippen LogP contribution in [-0.4, -0.2) is 46.4 Å². The number of hydrogen-bond acceptors (Lipinski definition) is 5. The van der Waals surface area contributed by atoms with Gasteiger partial charge in [0, 0.05) is 31.4 Å². The van der Waals surface area contributed by atoms with Gasteiger partial charge in [-0.3, -0.25) is 4.79 Å². The number of nitrogens with zero attached hydrogens (tertiary/aromatic N) is 1. The Hall–Kier alpha value is -2.99. The number of ether oxygens (including phenoxy) is 3. The van der Waals surface area contributed by atoms with Crippen LogP contribution in [0.2, 0.25) is 0 Å². The minimum absolute atomic E-state index is 0.146. The second-order valence-electron chi connectivity index (χ2n) is 6.43. The molecule has 0 aliphatic carbocycles. The summed E-state index contributed by atoms with van der Waals surface area (Å²) in [5.41, 5.74) is 3.11. The van der Waals surface area contributed by atoms with E-state index in [2.05, 4.69) is 22.3 Å². The number of nitrogens with one attached hydrogen (secondary N) is 1. The first-order valence-electron chi connectivity index (χ1n) is 9.29. The summed E-state index contributed by atoms with van der Waals surface area (Å²) in [7, 11) is 3.18. The van der Waals surface area contributed by atoms with Crippen LogP contribution in [0.5, 0.6) is 11.5 Å². The third-order valence-corrected chi connectivity index (χ3v) is 4.61. The molecule has 1 aliphatic heterocycles. The molecule has 0 spiro atoms. The van der Waals surface area contributed by atoms with Crippen LogP contribution in [0.3, 0.4) is 0 Å². The zero-order valence-electron chi connectivity index (χ0n) is 16.3. The van der Waals surface area contributed by atoms with E-state index in [1.165, 1.54) is 11.8 Å². The Bertz CT molecular complexity index is 812. The predicted molar refractivity (Wildman–Crippen MR) is 110 cm³/mol. The number of methoxy groups -OCH3 is 2. The van der Waals surface area contributed by atoms with Crippen molar-refractivity contribution in [2.45, 2.75) is 6.54 Å². The average molecular weight is 382 g/mol. The van der Waals surface area contributed by atoms with Crippen LogP contribution in [0.25, 0.3) is 6.08 Å². The molecule has 6 heteroatoms. The van der Waals surface area contributed by atoms with Gasteiger partial charge in [0.25, 0.3) is 0 Å². The molecular weight excluding hydrogens is 356 g/mol. The summed E-state index contributed by atoms with van der Waals surface area (Å²) in [4.78, 5) is 14.4. The molecule has 1 amide bonds. The Morgan fingerprint density at radius 3 is 2.46 bits per heavy atom. The highest BCUT2D eigenvalue weighted by Gasteiger charge is 2.10. The van der Waals surface area contributed by atoms with Crippen molar-refractivity contribution in [1.29, 1.82) is 0 Å². The number of carbonyl (C=O) groups excluding carboxylic acids is 1. The number of carbonyl (C=O) groups is 1. The summed E-state index contributed by atoms with van der Waals surface area (Å²) in [5, 5.41) is 2.90. The maximum Gasteiger partial charge on any atom is 0.244 e. The Balaban J connectivity index is 1.51. The van der Waals surface area contributed by atoms with Gasteiger partial charge in [-0.25, -0.2) is 0 Å². The molecule has 0 radical (unpaired) electrons. The van der Waals surface area contributed by atoms with E-state index >= 15 is 0 Å². The molecule has 1 saturated heterocycles. The fourth-order valence-corrected chi connectivity index (χ4v) is 3.02. The van der Waals surface area contributed by atoms with Gasteiger partial charge in [0.15, 0.2) is 11.5 Å². The Kier molecular flexibility index (Phi) is 6.92. The molecular formula is C22H26N2O4. The van der Waals surface area contributed by atoms with E-state index in [-0.39, 0.29) is 5.91 Å². The van der Waals surface area contributed by atoms with Crippen molar-refractivity contribution in [3.63, 3.8) is 0 Å². The van der Waals surface area contributed by atoms with Gasteiger partial charge in [-0.1, -0.05) is 18.2 Å². The summed E-state index contributed by atoms with van der Waals surface area (Å²) in [6, 6.07) is 13.8. The van der Waals surface area contributed by atoms with Gasteiger partial charge in [0.1, 0.15) is 0 Å². The largest absolute Gasteiger partial charge is 0.493 e. The van der Waals surface area contributed by atoms with E-state index in [0.717, 1.165) is 37.4 Å². The fraction of sp³-hybridized carbons (Fsp3) is 0.318. The third-order valence-electron chi connectivity index (χ3n) is 4.61. The van der Waals surface area contributed by atoms with Crippen LogP contribution >= 0.6 is 0 Å². The van der Waals surface area contributed by atoms with E-state index in [1.807, 2.05) is 30.3 Å². The fourth-order valence-electron chi connectivity index (χ4n) is 3.02. The summed E-state index contributed by atoms with van der Waals surface area (Å²) in [5.74, 6) is 1.14. The molecule has 6 nitrogen and oxygen atoms in total. The number of anilines is 1. The standard InChI is InChI=1S/C22H26N2O4/c1-26-20-9-5-17(15-21(20)27-2)6-10-22(25)23-16-18-3-7-19(8-4-18)24-11-13-28-14-12-24/h3-10,15H,11-14,16H2,1-2H3,(H,23,25)/b10-6+. The quantitative estimate of drug-likeness (QED) is 0.746. The topological polar surface area (TPSA) is 60.0 Å². The van der Waals surface area contributed by atoms with Gasteiger partial charge in [-0.05, 0) is 41.5 Å². The minimum Gasteiger partial charge on any atom is -0.493 e. The van der Waals surface area contributed by atoms with Crippen LogP contribution in [0.1, 0.15) is 11.1 Å². The summed E-state index contributed by atoms with van der Waals surface area (Å²) in [6.45, 7) is 3.85. The maximum absolute atomic E-state index is 12.1. The van der Waals surface area contributed by atoms with Crippen LogP contribution in [-0.2, 0) is 16.1 Å². The molecule has 1 heterocycles. The van der Waals surface area contributed by atoms with E-state index < -0.39 is 0 Å². The van der Waals surface area contributed by atoms with Crippen molar-refractivity contribution in [2.75, 3.05) is 45.4 Å². The van der Waals surface area contributed by atoms with Gasteiger partial charge in [0.2, 0.25) is 5.91 Å². The lowest BCUT2D eigenvalue weighted by molar-refractivity contribution is -0.116. The summed E-state index contributed by atoms with van der Waals surface area (Å²) >= 11 is 0. The van der Waals surface area contributed by atoms with E-state index in [9.17, 15) is 4.79 Å². The number of morpholine rings is 1. The molecule has 0 unspecified atom stereocenters. The smallest absolute Gasteiger partial charge is 0.244 e. The van der Waals surface area contributed by atoms with E-state index in [0.29, 0.717) is 18.0 Å². The molecule has 0 saturated carbocycles. The van der Waals surface area contributed by atoms with Crippen molar-refractivity contribution < 1.29 is 19.0 Å². The molecule has 0 atom stereocenters. The second kappa shape index (κ2) is 9.80. The minimum atomic E-state index is -0.146. The summed E-state index contributed by atoms with van der Waals surface area (Å²) in [6.07, 6.45) is 3.27. The molecule has 1 aliphatic rings. The molecule has 1 fully saturated rings. The van der Waals surface area contributed by atoms with Crippen LogP contribution < -0.4 is 19.7 Å². The van der Waals surface area contributed by atoms with Crippen LogP contribution in [0.15, 0.2) is 48.5 Å². The highest BCUT2D eigenvalue weighted by molar-refractivity contribution is 5.91. The molecule has 2 aromatic rings. The van der Waals surface area contributed by atoms with Crippen LogP contribution in [0, 0.1) is 0 Å². The number of rotatable bonds is 7. The lowest BCUT2D eigenvalue weighted by Crippen LogP contribution is -2.36. The maximum atomic E-state index is 12.1. The molecule has 0 bridgehead atoms. The van der Waals surface area contributed by atoms with E-state index in [4.69, 9.17) is 14.2 Å². The van der Waals surface area contributed by atoms with Gasteiger partial charge < -0.3 is 24.4 Å². The first kappa shape index (κ1) is 19.8. The van der Waals surface area contributed by atoms with Crippen LogP contribution in [0.4, 0.5) is 5.69 Å².